The molecule has 0 heterocycles. The maximum absolute atomic E-state index is 8.96. The molecule has 2 fully saturated rings. The van der Waals surface area contributed by atoms with Gasteiger partial charge in [0, 0.05) is 4.11 Å². The third kappa shape index (κ3) is 4.17. The fourth-order valence-electron chi connectivity index (χ4n) is 4.49. The van der Waals surface area contributed by atoms with Crippen LogP contribution < -0.4 is 0 Å². The average Bonchev–Trinajstić information content (AvgIpc) is 2.62. The Morgan fingerprint density at radius 3 is 2.35 bits per heavy atom. The smallest absolute Gasteiger partial charge is 0.0991 e. The van der Waals surface area contributed by atoms with Crippen LogP contribution >= 0.6 is 0 Å². The molecule has 0 amide bonds. The van der Waals surface area contributed by atoms with Crippen LogP contribution in [-0.2, 0) is 0 Å². The lowest BCUT2D eigenvalue weighted by atomic mass is 9.68. The van der Waals surface area contributed by atoms with Crippen molar-refractivity contribution < 1.29 is 4.11 Å². The van der Waals surface area contributed by atoms with Gasteiger partial charge in [-0.1, -0.05) is 44.7 Å². The summed E-state index contributed by atoms with van der Waals surface area (Å²) in [7, 11) is 0. The van der Waals surface area contributed by atoms with Crippen molar-refractivity contribution in [2.75, 3.05) is 0 Å². The van der Waals surface area contributed by atoms with Crippen molar-refractivity contribution in [3.63, 3.8) is 0 Å². The molecule has 1 aromatic carbocycles. The number of rotatable bonds is 4. The van der Waals surface area contributed by atoms with Crippen molar-refractivity contribution in [2.24, 2.45) is 17.8 Å². The van der Waals surface area contributed by atoms with E-state index in [0.717, 1.165) is 17.9 Å². The molecule has 0 aliphatic heterocycles. The van der Waals surface area contributed by atoms with Gasteiger partial charge >= 0.3 is 0 Å². The lowest BCUT2D eigenvalue weighted by Crippen LogP contribution is -2.25. The van der Waals surface area contributed by atoms with Crippen LogP contribution in [0.25, 0.3) is 0 Å². The molecule has 1 aromatic rings. The molecule has 0 aromatic heterocycles. The molecule has 0 radical (unpaired) electrons. The highest BCUT2D eigenvalue weighted by Crippen LogP contribution is 2.44. The molecule has 1 heteroatoms. The molecule has 3 atom stereocenters. The molecule has 0 saturated heterocycles. The lowest BCUT2D eigenvalue weighted by molar-refractivity contribution is 0.156. The van der Waals surface area contributed by atoms with Crippen molar-refractivity contribution >= 4 is 0 Å². The van der Waals surface area contributed by atoms with Crippen LogP contribution in [0.4, 0.5) is 0 Å². The minimum atomic E-state index is -1.34. The molecule has 3 rings (SSSR count). The largest absolute Gasteiger partial charge is 0.192 e. The SMILES string of the molecule is [2H]C1CC(C2CCC(CCC)CC2)CC([2H])([2H])C1c1ccc(C#N)cc1. The normalized spacial score (nSPS) is 38.8. The van der Waals surface area contributed by atoms with Crippen LogP contribution in [0.5, 0.6) is 0 Å². The Kier molecular flexibility index (Phi) is 4.54. The molecule has 2 aliphatic carbocycles. The summed E-state index contributed by atoms with van der Waals surface area (Å²) in [5.74, 6) is 1.44. The minimum absolute atomic E-state index is 0.352. The van der Waals surface area contributed by atoms with Crippen molar-refractivity contribution in [3.05, 3.63) is 35.4 Å². The van der Waals surface area contributed by atoms with E-state index in [2.05, 4.69) is 13.0 Å². The summed E-state index contributed by atoms with van der Waals surface area (Å²) in [6.45, 7) is 2.26. The summed E-state index contributed by atoms with van der Waals surface area (Å²) in [6.07, 6.45) is 7.28. The van der Waals surface area contributed by atoms with Gasteiger partial charge in [0.25, 0.3) is 0 Å². The first-order chi connectivity index (χ1) is 12.4. The predicted molar refractivity (Wildman–Crippen MR) is 96.2 cm³/mol. The van der Waals surface area contributed by atoms with E-state index in [9.17, 15) is 0 Å². The molecule has 1 nitrogen and oxygen atoms in total. The Morgan fingerprint density at radius 1 is 1.04 bits per heavy atom. The summed E-state index contributed by atoms with van der Waals surface area (Å²) in [4.78, 5) is 0. The van der Waals surface area contributed by atoms with Gasteiger partial charge in [-0.15, -0.1) is 0 Å². The highest BCUT2D eigenvalue weighted by Gasteiger charge is 2.30. The molecule has 23 heavy (non-hydrogen) atoms. The average molecular weight is 313 g/mol. The Labute approximate surface area is 146 Å². The van der Waals surface area contributed by atoms with Crippen LogP contribution in [0.3, 0.4) is 0 Å². The van der Waals surface area contributed by atoms with Gasteiger partial charge in [0.1, 0.15) is 0 Å². The molecule has 2 aliphatic rings. The summed E-state index contributed by atoms with van der Waals surface area (Å²) in [5, 5.41) is 8.96. The topological polar surface area (TPSA) is 23.8 Å². The zero-order valence-corrected chi connectivity index (χ0v) is 14.3. The monoisotopic (exact) mass is 312 g/mol. The van der Waals surface area contributed by atoms with Crippen molar-refractivity contribution in [1.82, 2.24) is 0 Å². The van der Waals surface area contributed by atoms with E-state index in [1.54, 1.807) is 12.1 Å². The number of hydrogen-bond donors (Lipinski definition) is 0. The zero-order valence-electron chi connectivity index (χ0n) is 17.3. The van der Waals surface area contributed by atoms with E-state index >= 15 is 0 Å². The molecule has 0 bridgehead atoms. The Hall–Kier alpha value is -1.29. The van der Waals surface area contributed by atoms with Crippen LogP contribution in [0.2, 0.25) is 0 Å². The second kappa shape index (κ2) is 8.00. The van der Waals surface area contributed by atoms with Crippen LogP contribution in [0.1, 0.15) is 92.2 Å². The van der Waals surface area contributed by atoms with Gasteiger partial charge in [-0.2, -0.15) is 5.26 Å². The van der Waals surface area contributed by atoms with Crippen LogP contribution in [-0.4, -0.2) is 0 Å². The maximum atomic E-state index is 8.96. The van der Waals surface area contributed by atoms with Crippen LogP contribution in [0.15, 0.2) is 24.3 Å². The molecule has 0 N–H and O–H groups in total. The van der Waals surface area contributed by atoms with Crippen LogP contribution in [0, 0.1) is 29.1 Å². The summed E-state index contributed by atoms with van der Waals surface area (Å²) < 4.78 is 26.0. The van der Waals surface area contributed by atoms with Crippen molar-refractivity contribution in [3.8, 4) is 6.07 Å². The highest BCUT2D eigenvalue weighted by atomic mass is 14.4. The number of nitrogens with zero attached hydrogens (tertiary/aromatic N) is 1. The maximum Gasteiger partial charge on any atom is 0.0991 e. The van der Waals surface area contributed by atoms with E-state index in [4.69, 9.17) is 9.37 Å². The zero-order chi connectivity index (χ0) is 18.7. The van der Waals surface area contributed by atoms with E-state index in [0.29, 0.717) is 23.8 Å². The fourth-order valence-corrected chi connectivity index (χ4v) is 4.49. The summed E-state index contributed by atoms with van der Waals surface area (Å²) in [5.41, 5.74) is 1.47. The Balaban J connectivity index is 1.68. The fraction of sp³-hybridized carbons (Fsp3) is 0.682. The second-order valence-electron chi connectivity index (χ2n) is 7.42. The third-order valence-corrected chi connectivity index (χ3v) is 5.93. The van der Waals surface area contributed by atoms with Crippen molar-refractivity contribution in [2.45, 2.75) is 77.0 Å². The second-order valence-corrected chi connectivity index (χ2v) is 7.42. The van der Waals surface area contributed by atoms with Gasteiger partial charge in [0.15, 0.2) is 0 Å². The molecule has 124 valence electrons. The number of hydrogen-bond acceptors (Lipinski definition) is 1. The quantitative estimate of drug-likeness (QED) is 0.627. The van der Waals surface area contributed by atoms with Gasteiger partial charge in [-0.3, -0.25) is 0 Å². The first kappa shape index (κ1) is 13.1. The van der Waals surface area contributed by atoms with Gasteiger partial charge in [0.05, 0.1) is 11.6 Å². The Bertz CT molecular complexity index is 626. The first-order valence-electron chi connectivity index (χ1n) is 10.9. The third-order valence-electron chi connectivity index (χ3n) is 5.93. The lowest BCUT2D eigenvalue weighted by Gasteiger charge is -2.38. The minimum Gasteiger partial charge on any atom is -0.192 e. The summed E-state index contributed by atoms with van der Waals surface area (Å²) >= 11 is 0. The molecule has 0 spiro atoms. The first-order valence-corrected chi connectivity index (χ1v) is 9.37. The van der Waals surface area contributed by atoms with Gasteiger partial charge < -0.3 is 0 Å². The molecule has 2 saturated carbocycles. The van der Waals surface area contributed by atoms with Gasteiger partial charge in [-0.25, -0.2) is 0 Å². The standard InChI is InChI=1S/C22H31N/c1-2-3-17-4-8-19(9-5-17)21-12-14-22(15-13-21)20-10-6-18(16-23)7-11-20/h6-7,10-11,17,19,21-22H,2-5,8-9,12-15H2,1H3/i14D,15D2. The number of nitriles is 1. The molecule has 3 unspecified atom stereocenters. The molecular formula is C22H31N. The van der Waals surface area contributed by atoms with E-state index in [1.807, 2.05) is 12.1 Å². The predicted octanol–water partition coefficient (Wildman–Crippen LogP) is 6.44. The molecular weight excluding hydrogens is 278 g/mol. The van der Waals surface area contributed by atoms with Gasteiger partial charge in [0.2, 0.25) is 0 Å². The van der Waals surface area contributed by atoms with E-state index in [-0.39, 0.29) is 5.92 Å². The van der Waals surface area contributed by atoms with E-state index in [1.165, 1.54) is 38.5 Å². The van der Waals surface area contributed by atoms with Crippen molar-refractivity contribution in [1.29, 1.82) is 5.26 Å². The summed E-state index contributed by atoms with van der Waals surface area (Å²) in [6, 6.07) is 9.30. The highest BCUT2D eigenvalue weighted by molar-refractivity contribution is 5.33. The Morgan fingerprint density at radius 2 is 1.74 bits per heavy atom. The van der Waals surface area contributed by atoms with Gasteiger partial charge in [-0.05, 0) is 79.8 Å². The van der Waals surface area contributed by atoms with E-state index < -0.39 is 12.8 Å². The number of benzene rings is 1.